The molecule has 2 rings (SSSR count). The van der Waals surface area contributed by atoms with Gasteiger partial charge < -0.3 is 5.32 Å². The van der Waals surface area contributed by atoms with E-state index in [1.807, 2.05) is 13.0 Å². The van der Waals surface area contributed by atoms with Crippen molar-refractivity contribution in [3.05, 3.63) is 45.9 Å². The van der Waals surface area contributed by atoms with Crippen LogP contribution in [0.4, 0.5) is 0 Å². The monoisotopic (exact) mass is 273 g/mol. The summed E-state index contributed by atoms with van der Waals surface area (Å²) in [5, 5.41) is 7.88. The molecule has 20 heavy (non-hydrogen) atoms. The van der Waals surface area contributed by atoms with Crippen molar-refractivity contribution >= 4 is 5.57 Å². The van der Waals surface area contributed by atoms with Crippen LogP contribution in [0.5, 0.6) is 0 Å². The summed E-state index contributed by atoms with van der Waals surface area (Å²) in [6.45, 7) is 5.07. The molecule has 4 heteroatoms. The zero-order chi connectivity index (χ0) is 14.5. The van der Waals surface area contributed by atoms with Crippen LogP contribution in [0.25, 0.3) is 5.57 Å². The third-order valence-corrected chi connectivity index (χ3v) is 3.54. The second-order valence-corrected chi connectivity index (χ2v) is 5.32. The highest BCUT2D eigenvalue weighted by molar-refractivity contribution is 5.73. The van der Waals surface area contributed by atoms with E-state index in [1.165, 1.54) is 17.5 Å². The first-order valence-electron chi connectivity index (χ1n) is 7.29. The van der Waals surface area contributed by atoms with Crippen molar-refractivity contribution in [3.8, 4) is 0 Å². The first kappa shape index (κ1) is 14.7. The van der Waals surface area contributed by atoms with Crippen LogP contribution in [0, 0.1) is 6.92 Å². The van der Waals surface area contributed by atoms with E-state index in [0.717, 1.165) is 29.8 Å². The molecule has 0 saturated carbocycles. The van der Waals surface area contributed by atoms with Crippen LogP contribution >= 0.6 is 0 Å². The number of nitrogens with one attached hydrogen (secondary N) is 1. The van der Waals surface area contributed by atoms with E-state index in [-0.39, 0.29) is 5.56 Å². The van der Waals surface area contributed by atoms with Gasteiger partial charge in [0.1, 0.15) is 0 Å². The summed E-state index contributed by atoms with van der Waals surface area (Å²) in [6.07, 6.45) is 9.87. The van der Waals surface area contributed by atoms with E-state index in [0.29, 0.717) is 6.04 Å². The van der Waals surface area contributed by atoms with E-state index in [9.17, 15) is 4.79 Å². The fourth-order valence-electron chi connectivity index (χ4n) is 2.36. The number of unbranched alkanes of at least 4 members (excludes halogenated alkanes) is 1. The van der Waals surface area contributed by atoms with E-state index >= 15 is 0 Å². The molecule has 0 aromatic carbocycles. The minimum Gasteiger partial charge on any atom is -0.310 e. The highest BCUT2D eigenvalue weighted by Crippen LogP contribution is 2.19. The molecule has 0 amide bonds. The first-order chi connectivity index (χ1) is 9.61. The molecule has 108 valence electrons. The number of aryl methyl sites for hydroxylation is 2. The molecule has 0 spiro atoms. The summed E-state index contributed by atoms with van der Waals surface area (Å²) in [5.41, 5.74) is 2.64. The maximum atomic E-state index is 11.7. The van der Waals surface area contributed by atoms with Crippen molar-refractivity contribution in [1.29, 1.82) is 0 Å². The fourth-order valence-corrected chi connectivity index (χ4v) is 2.36. The van der Waals surface area contributed by atoms with Crippen molar-refractivity contribution in [2.75, 3.05) is 6.54 Å². The van der Waals surface area contributed by atoms with Crippen LogP contribution in [0.3, 0.4) is 0 Å². The normalized spacial score (nSPS) is 18.1. The van der Waals surface area contributed by atoms with Gasteiger partial charge in [0.15, 0.2) is 0 Å². The number of allylic oxidation sites excluding steroid dienone is 2. The van der Waals surface area contributed by atoms with Gasteiger partial charge in [-0.1, -0.05) is 31.6 Å². The Morgan fingerprint density at radius 3 is 3.00 bits per heavy atom. The minimum absolute atomic E-state index is 0.0354. The number of aromatic nitrogens is 2. The molecule has 0 bridgehead atoms. The van der Waals surface area contributed by atoms with Crippen molar-refractivity contribution in [2.45, 2.75) is 39.2 Å². The van der Waals surface area contributed by atoms with Crippen LogP contribution in [-0.2, 0) is 7.05 Å². The van der Waals surface area contributed by atoms with Crippen molar-refractivity contribution < 1.29 is 0 Å². The second-order valence-electron chi connectivity index (χ2n) is 5.32. The molecule has 0 fully saturated rings. The summed E-state index contributed by atoms with van der Waals surface area (Å²) in [6, 6.07) is 2.23. The summed E-state index contributed by atoms with van der Waals surface area (Å²) in [4.78, 5) is 11.7. The van der Waals surface area contributed by atoms with Gasteiger partial charge in [0.05, 0.1) is 5.69 Å². The number of rotatable bonds is 5. The molecular weight excluding hydrogens is 250 g/mol. The molecule has 1 aromatic rings. The van der Waals surface area contributed by atoms with Crippen LogP contribution in [0.1, 0.15) is 37.4 Å². The molecule has 1 aromatic heterocycles. The van der Waals surface area contributed by atoms with E-state index in [2.05, 4.69) is 35.6 Å². The Morgan fingerprint density at radius 1 is 1.50 bits per heavy atom. The molecule has 1 aliphatic rings. The number of hydrogen-bond donors (Lipinski definition) is 1. The van der Waals surface area contributed by atoms with Gasteiger partial charge in [-0.3, -0.25) is 4.79 Å². The number of hydrogen-bond acceptors (Lipinski definition) is 3. The van der Waals surface area contributed by atoms with Gasteiger partial charge in [0.25, 0.3) is 5.56 Å². The predicted octanol–water partition coefficient (Wildman–Crippen LogP) is 2.19. The minimum atomic E-state index is -0.0354. The Kier molecular flexibility index (Phi) is 4.90. The van der Waals surface area contributed by atoms with E-state index in [4.69, 9.17) is 0 Å². The molecule has 0 saturated heterocycles. The topological polar surface area (TPSA) is 46.9 Å². The Labute approximate surface area is 120 Å². The summed E-state index contributed by atoms with van der Waals surface area (Å²) < 4.78 is 1.41. The van der Waals surface area contributed by atoms with Crippen molar-refractivity contribution in [1.82, 2.24) is 15.1 Å². The number of nitrogens with zero attached hydrogens (tertiary/aromatic N) is 2. The zero-order valence-electron chi connectivity index (χ0n) is 12.5. The molecule has 0 aliphatic heterocycles. The van der Waals surface area contributed by atoms with E-state index in [1.54, 1.807) is 7.05 Å². The lowest BCUT2D eigenvalue weighted by molar-refractivity contribution is 0.572. The Morgan fingerprint density at radius 2 is 2.30 bits per heavy atom. The molecule has 1 aliphatic carbocycles. The zero-order valence-corrected chi connectivity index (χ0v) is 12.5. The van der Waals surface area contributed by atoms with Gasteiger partial charge in [-0.05, 0) is 37.9 Å². The molecule has 0 radical (unpaired) electrons. The lowest BCUT2D eigenvalue weighted by Crippen LogP contribution is -2.29. The van der Waals surface area contributed by atoms with Crippen LogP contribution in [0.2, 0.25) is 0 Å². The fraction of sp³-hybridized carbons (Fsp3) is 0.500. The quantitative estimate of drug-likeness (QED) is 0.837. The summed E-state index contributed by atoms with van der Waals surface area (Å²) in [5.74, 6) is 0. The maximum Gasteiger partial charge on any atom is 0.269 e. The Hall–Kier alpha value is -1.68. The summed E-state index contributed by atoms with van der Waals surface area (Å²) >= 11 is 0. The largest absolute Gasteiger partial charge is 0.310 e. The van der Waals surface area contributed by atoms with Crippen LogP contribution in [0.15, 0.2) is 29.1 Å². The van der Waals surface area contributed by atoms with Gasteiger partial charge in [-0.2, -0.15) is 5.10 Å². The van der Waals surface area contributed by atoms with Crippen LogP contribution < -0.4 is 10.9 Å². The first-order valence-corrected chi connectivity index (χ1v) is 7.29. The van der Waals surface area contributed by atoms with Gasteiger partial charge in [-0.15, -0.1) is 0 Å². The lowest BCUT2D eigenvalue weighted by atomic mass is 9.99. The van der Waals surface area contributed by atoms with Gasteiger partial charge in [0.2, 0.25) is 0 Å². The Bertz CT molecular complexity index is 558. The third kappa shape index (κ3) is 3.45. The highest BCUT2D eigenvalue weighted by Gasteiger charge is 2.12. The average molecular weight is 273 g/mol. The SMILES string of the molecule is CCCCNC1C=C(c2cc(C)c(=O)n(C)n2)C=CC1. The second kappa shape index (κ2) is 6.66. The standard InChI is InChI=1S/C16H23N3O/c1-4-5-9-17-14-8-6-7-13(11-14)15-10-12(2)16(20)19(3)18-15/h6-7,10-11,14,17H,4-5,8-9H2,1-3H3. The van der Waals surface area contributed by atoms with E-state index < -0.39 is 0 Å². The molecule has 1 unspecified atom stereocenters. The van der Waals surface area contributed by atoms with Crippen molar-refractivity contribution in [2.24, 2.45) is 7.05 Å². The molecular formula is C16H23N3O. The van der Waals surface area contributed by atoms with Crippen molar-refractivity contribution in [3.63, 3.8) is 0 Å². The molecule has 1 atom stereocenters. The predicted molar refractivity (Wildman–Crippen MR) is 82.6 cm³/mol. The van der Waals surface area contributed by atoms with Crippen LogP contribution in [-0.4, -0.2) is 22.4 Å². The molecule has 1 N–H and O–H groups in total. The summed E-state index contributed by atoms with van der Waals surface area (Å²) in [7, 11) is 1.70. The van der Waals surface area contributed by atoms with Gasteiger partial charge in [0, 0.05) is 18.7 Å². The highest BCUT2D eigenvalue weighted by atomic mass is 16.1. The van der Waals surface area contributed by atoms with Gasteiger partial charge >= 0.3 is 0 Å². The Balaban J connectivity index is 2.19. The maximum absolute atomic E-state index is 11.7. The van der Waals surface area contributed by atoms with Gasteiger partial charge in [-0.25, -0.2) is 4.68 Å². The molecule has 4 nitrogen and oxygen atoms in total. The third-order valence-electron chi connectivity index (χ3n) is 3.54. The smallest absolute Gasteiger partial charge is 0.269 e. The molecule has 1 heterocycles. The lowest BCUT2D eigenvalue weighted by Gasteiger charge is -2.18. The average Bonchev–Trinajstić information content (AvgIpc) is 2.45.